The molecule has 0 saturated carbocycles. The highest BCUT2D eigenvalue weighted by molar-refractivity contribution is 5.77. The molecule has 1 aliphatic rings. The summed E-state index contributed by atoms with van der Waals surface area (Å²) in [5.41, 5.74) is 2.12. The van der Waals surface area contributed by atoms with Gasteiger partial charge in [-0.15, -0.1) is 0 Å². The maximum atomic E-state index is 4.50. The Balaban J connectivity index is 1.47. The van der Waals surface area contributed by atoms with E-state index in [0.29, 0.717) is 0 Å². The normalized spacial score (nSPS) is 16.4. The van der Waals surface area contributed by atoms with Crippen LogP contribution in [0.4, 0.5) is 5.95 Å². The van der Waals surface area contributed by atoms with Crippen LogP contribution in [0.15, 0.2) is 24.3 Å². The fourth-order valence-corrected chi connectivity index (χ4v) is 2.55. The number of likely N-dealkylation sites (tertiary alicyclic amines) is 1. The first-order valence-electron chi connectivity index (χ1n) is 6.83. The highest BCUT2D eigenvalue weighted by atomic mass is 15.1. The SMILES string of the molecule is c1ccc2[nH]c(NCCCN3CCCC3)nc2c1. The summed E-state index contributed by atoms with van der Waals surface area (Å²) in [7, 11) is 0. The number of nitrogens with one attached hydrogen (secondary N) is 2. The second-order valence-corrected chi connectivity index (χ2v) is 4.93. The van der Waals surface area contributed by atoms with Gasteiger partial charge in [-0.1, -0.05) is 12.1 Å². The van der Waals surface area contributed by atoms with Gasteiger partial charge >= 0.3 is 0 Å². The molecule has 96 valence electrons. The van der Waals surface area contributed by atoms with Crippen molar-refractivity contribution < 1.29 is 0 Å². The molecule has 2 aromatic rings. The summed E-state index contributed by atoms with van der Waals surface area (Å²) >= 11 is 0. The van der Waals surface area contributed by atoms with Crippen LogP contribution in [0.2, 0.25) is 0 Å². The van der Waals surface area contributed by atoms with Gasteiger partial charge in [0.15, 0.2) is 0 Å². The highest BCUT2D eigenvalue weighted by Gasteiger charge is 2.10. The second kappa shape index (κ2) is 5.40. The Morgan fingerprint density at radius 2 is 2.06 bits per heavy atom. The Morgan fingerprint density at radius 3 is 2.89 bits per heavy atom. The maximum Gasteiger partial charge on any atom is 0.201 e. The Bertz CT molecular complexity index is 466. The van der Waals surface area contributed by atoms with Crippen LogP contribution in [-0.4, -0.2) is 41.0 Å². The predicted octanol–water partition coefficient (Wildman–Crippen LogP) is 2.46. The van der Waals surface area contributed by atoms with Crippen molar-refractivity contribution >= 4 is 17.0 Å². The number of benzene rings is 1. The third-order valence-corrected chi connectivity index (χ3v) is 3.53. The van der Waals surface area contributed by atoms with Crippen molar-refractivity contribution in [2.24, 2.45) is 0 Å². The molecule has 2 heterocycles. The molecule has 18 heavy (non-hydrogen) atoms. The van der Waals surface area contributed by atoms with Crippen LogP contribution >= 0.6 is 0 Å². The van der Waals surface area contributed by atoms with E-state index in [1.807, 2.05) is 18.2 Å². The van der Waals surface area contributed by atoms with E-state index >= 15 is 0 Å². The first-order valence-corrected chi connectivity index (χ1v) is 6.83. The summed E-state index contributed by atoms with van der Waals surface area (Å²) < 4.78 is 0. The third kappa shape index (κ3) is 2.64. The molecule has 0 bridgehead atoms. The average molecular weight is 244 g/mol. The van der Waals surface area contributed by atoms with Crippen molar-refractivity contribution in [3.05, 3.63) is 24.3 Å². The number of imidazole rings is 1. The largest absolute Gasteiger partial charge is 0.356 e. The van der Waals surface area contributed by atoms with Gasteiger partial charge in [-0.25, -0.2) is 4.98 Å². The highest BCUT2D eigenvalue weighted by Crippen LogP contribution is 2.13. The monoisotopic (exact) mass is 244 g/mol. The second-order valence-electron chi connectivity index (χ2n) is 4.93. The molecule has 1 aliphatic heterocycles. The Morgan fingerprint density at radius 1 is 1.22 bits per heavy atom. The molecule has 3 rings (SSSR count). The summed E-state index contributed by atoms with van der Waals surface area (Å²) in [6.07, 6.45) is 3.92. The number of fused-ring (bicyclic) bond motifs is 1. The maximum absolute atomic E-state index is 4.50. The molecule has 0 spiro atoms. The quantitative estimate of drug-likeness (QED) is 0.794. The molecule has 0 radical (unpaired) electrons. The molecule has 1 saturated heterocycles. The van der Waals surface area contributed by atoms with E-state index in [2.05, 4.69) is 26.3 Å². The summed E-state index contributed by atoms with van der Waals surface area (Å²) in [4.78, 5) is 10.3. The molecule has 0 amide bonds. The molecule has 0 unspecified atom stereocenters. The number of rotatable bonds is 5. The molecule has 0 aliphatic carbocycles. The van der Waals surface area contributed by atoms with Crippen LogP contribution in [0.25, 0.3) is 11.0 Å². The lowest BCUT2D eigenvalue weighted by molar-refractivity contribution is 0.337. The summed E-state index contributed by atoms with van der Waals surface area (Å²) in [6.45, 7) is 4.75. The van der Waals surface area contributed by atoms with E-state index in [4.69, 9.17) is 0 Å². The molecular formula is C14H20N4. The lowest BCUT2D eigenvalue weighted by Gasteiger charge is -2.13. The molecule has 4 heteroatoms. The van der Waals surface area contributed by atoms with Crippen molar-refractivity contribution in [1.29, 1.82) is 0 Å². The van der Waals surface area contributed by atoms with Crippen molar-refractivity contribution in [1.82, 2.24) is 14.9 Å². The first-order chi connectivity index (χ1) is 8.92. The number of nitrogens with zero attached hydrogens (tertiary/aromatic N) is 2. The minimum absolute atomic E-state index is 0.887. The lowest BCUT2D eigenvalue weighted by Crippen LogP contribution is -2.22. The van der Waals surface area contributed by atoms with Crippen LogP contribution in [-0.2, 0) is 0 Å². The zero-order valence-corrected chi connectivity index (χ0v) is 10.7. The van der Waals surface area contributed by atoms with Crippen LogP contribution in [0, 0.1) is 0 Å². The number of para-hydroxylation sites is 2. The standard InChI is InChI=1S/C14H20N4/c1-2-7-13-12(6-1)16-14(17-13)15-8-5-11-18-9-3-4-10-18/h1-2,6-7H,3-5,8-11H2,(H2,15,16,17). The summed E-state index contributed by atoms with van der Waals surface area (Å²) in [5.74, 6) is 0.887. The van der Waals surface area contributed by atoms with Crippen LogP contribution in [0.3, 0.4) is 0 Å². The summed E-state index contributed by atoms with van der Waals surface area (Å²) in [5, 5.41) is 3.36. The van der Waals surface area contributed by atoms with Crippen molar-refractivity contribution in [3.8, 4) is 0 Å². The van der Waals surface area contributed by atoms with Crippen LogP contribution in [0.5, 0.6) is 0 Å². The Kier molecular flexibility index (Phi) is 3.46. The molecule has 2 N–H and O–H groups in total. The van der Waals surface area contributed by atoms with Gasteiger partial charge in [0.2, 0.25) is 5.95 Å². The topological polar surface area (TPSA) is 44.0 Å². The van der Waals surface area contributed by atoms with E-state index < -0.39 is 0 Å². The summed E-state index contributed by atoms with van der Waals surface area (Å²) in [6, 6.07) is 8.12. The van der Waals surface area contributed by atoms with Crippen molar-refractivity contribution in [3.63, 3.8) is 0 Å². The van der Waals surface area contributed by atoms with Gasteiger partial charge in [0, 0.05) is 6.54 Å². The van der Waals surface area contributed by atoms with E-state index in [-0.39, 0.29) is 0 Å². The number of H-pyrrole nitrogens is 1. The Hall–Kier alpha value is -1.55. The zero-order valence-electron chi connectivity index (χ0n) is 10.7. The van der Waals surface area contributed by atoms with Crippen molar-refractivity contribution in [2.45, 2.75) is 19.3 Å². The zero-order chi connectivity index (χ0) is 12.2. The van der Waals surface area contributed by atoms with Gasteiger partial charge in [-0.3, -0.25) is 0 Å². The fourth-order valence-electron chi connectivity index (χ4n) is 2.55. The minimum Gasteiger partial charge on any atom is -0.356 e. The van der Waals surface area contributed by atoms with Gasteiger partial charge in [0.1, 0.15) is 0 Å². The number of hydrogen-bond acceptors (Lipinski definition) is 3. The van der Waals surface area contributed by atoms with Crippen LogP contribution < -0.4 is 5.32 Å². The number of hydrogen-bond donors (Lipinski definition) is 2. The molecule has 1 aromatic carbocycles. The minimum atomic E-state index is 0.887. The average Bonchev–Trinajstić information content (AvgIpc) is 3.03. The number of aromatic amines is 1. The van der Waals surface area contributed by atoms with Crippen LogP contribution in [0.1, 0.15) is 19.3 Å². The number of anilines is 1. The van der Waals surface area contributed by atoms with Gasteiger partial charge in [-0.05, 0) is 51.0 Å². The van der Waals surface area contributed by atoms with Gasteiger partial charge < -0.3 is 15.2 Å². The predicted molar refractivity (Wildman–Crippen MR) is 74.9 cm³/mol. The van der Waals surface area contributed by atoms with E-state index in [1.165, 1.54) is 38.9 Å². The number of aromatic nitrogens is 2. The third-order valence-electron chi connectivity index (χ3n) is 3.53. The molecule has 4 nitrogen and oxygen atoms in total. The molecular weight excluding hydrogens is 224 g/mol. The molecule has 1 aromatic heterocycles. The van der Waals surface area contributed by atoms with Gasteiger partial charge in [-0.2, -0.15) is 0 Å². The lowest BCUT2D eigenvalue weighted by atomic mass is 10.3. The van der Waals surface area contributed by atoms with Crippen molar-refractivity contribution in [2.75, 3.05) is 31.5 Å². The molecule has 1 fully saturated rings. The van der Waals surface area contributed by atoms with Gasteiger partial charge in [0.25, 0.3) is 0 Å². The van der Waals surface area contributed by atoms with E-state index in [0.717, 1.165) is 23.5 Å². The first kappa shape index (κ1) is 11.5. The van der Waals surface area contributed by atoms with Gasteiger partial charge in [0.05, 0.1) is 11.0 Å². The smallest absolute Gasteiger partial charge is 0.201 e. The fraction of sp³-hybridized carbons (Fsp3) is 0.500. The van der Waals surface area contributed by atoms with E-state index in [9.17, 15) is 0 Å². The molecule has 0 atom stereocenters. The van der Waals surface area contributed by atoms with E-state index in [1.54, 1.807) is 0 Å². The Labute approximate surface area is 107 Å².